The Labute approximate surface area is 190 Å². The van der Waals surface area contributed by atoms with Gasteiger partial charge in [-0.3, -0.25) is 4.57 Å². The number of nitrogens with one attached hydrogen (secondary N) is 2. The van der Waals surface area contributed by atoms with E-state index in [2.05, 4.69) is 20.6 Å². The lowest BCUT2D eigenvalue weighted by Gasteiger charge is -2.28. The van der Waals surface area contributed by atoms with Crippen LogP contribution in [0.4, 0.5) is 26.4 Å². The predicted molar refractivity (Wildman–Crippen MR) is 120 cm³/mol. The maximum Gasteiger partial charge on any atom is 0.224 e. The van der Waals surface area contributed by atoms with Gasteiger partial charge in [-0.25, -0.2) is 18.7 Å². The van der Waals surface area contributed by atoms with Crippen molar-refractivity contribution in [2.24, 2.45) is 0 Å². The first-order valence-corrected chi connectivity index (χ1v) is 11.6. The van der Waals surface area contributed by atoms with Gasteiger partial charge in [-0.1, -0.05) is 6.07 Å². The highest BCUT2D eigenvalue weighted by Gasteiger charge is 2.27. The van der Waals surface area contributed by atoms with Crippen LogP contribution >= 0.6 is 0 Å². The van der Waals surface area contributed by atoms with E-state index in [9.17, 15) is 19.0 Å². The molecule has 2 saturated carbocycles. The zero-order valence-corrected chi connectivity index (χ0v) is 18.2. The number of hydrogen-bond acceptors (Lipinski definition) is 7. The largest absolute Gasteiger partial charge is 0.393 e. The molecule has 2 aliphatic rings. The summed E-state index contributed by atoms with van der Waals surface area (Å²) in [6.45, 7) is 0. The van der Waals surface area contributed by atoms with Crippen molar-refractivity contribution in [3.05, 3.63) is 36.0 Å². The summed E-state index contributed by atoms with van der Waals surface area (Å²) < 4.78 is 30.6. The van der Waals surface area contributed by atoms with Gasteiger partial charge in [0.2, 0.25) is 11.9 Å². The molecule has 5 rings (SSSR count). The van der Waals surface area contributed by atoms with Gasteiger partial charge in [0.1, 0.15) is 22.8 Å². The Kier molecular flexibility index (Phi) is 6.11. The van der Waals surface area contributed by atoms with Crippen LogP contribution in [0.3, 0.4) is 0 Å². The Morgan fingerprint density at radius 3 is 2.18 bits per heavy atom. The number of para-hydroxylation sites is 1. The lowest BCUT2D eigenvalue weighted by molar-refractivity contribution is 0.112. The molecule has 10 heteroatoms. The monoisotopic (exact) mass is 458 g/mol. The number of benzene rings is 1. The van der Waals surface area contributed by atoms with E-state index >= 15 is 0 Å². The third-order valence-corrected chi connectivity index (χ3v) is 6.69. The van der Waals surface area contributed by atoms with E-state index < -0.39 is 11.6 Å². The first kappa shape index (κ1) is 22.0. The molecule has 33 heavy (non-hydrogen) atoms. The Hall–Kier alpha value is -2.85. The first-order valence-electron chi connectivity index (χ1n) is 11.6. The van der Waals surface area contributed by atoms with Gasteiger partial charge in [-0.15, -0.1) is 0 Å². The zero-order valence-electron chi connectivity index (χ0n) is 18.2. The molecule has 0 aliphatic heterocycles. The number of anilines is 3. The molecular weight excluding hydrogens is 430 g/mol. The molecule has 0 atom stereocenters. The highest BCUT2D eigenvalue weighted by Crippen LogP contribution is 2.35. The fraction of sp³-hybridized carbons (Fsp3) is 0.522. The van der Waals surface area contributed by atoms with Crippen LogP contribution in [-0.4, -0.2) is 48.0 Å². The number of aliphatic hydroxyl groups is 2. The summed E-state index contributed by atoms with van der Waals surface area (Å²) in [6.07, 6.45) is 6.85. The number of rotatable bonds is 5. The summed E-state index contributed by atoms with van der Waals surface area (Å²) >= 11 is 0. The fourth-order valence-electron chi connectivity index (χ4n) is 4.84. The number of aliphatic hydroxyl groups excluding tert-OH is 2. The zero-order chi connectivity index (χ0) is 22.9. The van der Waals surface area contributed by atoms with Gasteiger partial charge in [-0.2, -0.15) is 4.98 Å². The highest BCUT2D eigenvalue weighted by molar-refractivity contribution is 5.76. The van der Waals surface area contributed by atoms with Gasteiger partial charge >= 0.3 is 0 Å². The van der Waals surface area contributed by atoms with Crippen LogP contribution in [-0.2, 0) is 0 Å². The molecule has 0 bridgehead atoms. The summed E-state index contributed by atoms with van der Waals surface area (Å²) in [5, 5.41) is 25.9. The average molecular weight is 459 g/mol. The molecule has 2 aromatic heterocycles. The van der Waals surface area contributed by atoms with E-state index in [1.165, 1.54) is 18.2 Å². The van der Waals surface area contributed by atoms with E-state index in [0.29, 0.717) is 48.7 Å². The Bertz CT molecular complexity index is 1100. The normalized spacial score (nSPS) is 25.8. The van der Waals surface area contributed by atoms with Crippen LogP contribution < -0.4 is 10.6 Å². The van der Waals surface area contributed by atoms with Crippen molar-refractivity contribution < 1.29 is 19.0 Å². The van der Waals surface area contributed by atoms with Crippen LogP contribution in [0, 0.1) is 11.6 Å². The molecule has 0 amide bonds. The smallest absolute Gasteiger partial charge is 0.224 e. The molecule has 0 saturated heterocycles. The quantitative estimate of drug-likeness (QED) is 0.457. The number of fused-ring (bicyclic) bond motifs is 1. The van der Waals surface area contributed by atoms with Crippen molar-refractivity contribution in [1.82, 2.24) is 19.5 Å². The van der Waals surface area contributed by atoms with Crippen molar-refractivity contribution in [2.45, 2.75) is 75.7 Å². The van der Waals surface area contributed by atoms with Crippen molar-refractivity contribution in [2.75, 3.05) is 10.6 Å². The van der Waals surface area contributed by atoms with Crippen molar-refractivity contribution in [3.8, 4) is 0 Å². The van der Waals surface area contributed by atoms with Gasteiger partial charge in [-0.05, 0) is 63.5 Å². The predicted octanol–water partition coefficient (Wildman–Crippen LogP) is 4.04. The van der Waals surface area contributed by atoms with Gasteiger partial charge in [0.15, 0.2) is 5.65 Å². The van der Waals surface area contributed by atoms with E-state index in [0.717, 1.165) is 25.7 Å². The van der Waals surface area contributed by atoms with E-state index in [1.807, 2.05) is 4.57 Å². The molecule has 2 heterocycles. The van der Waals surface area contributed by atoms with E-state index in [1.54, 1.807) is 6.20 Å². The molecule has 1 aromatic carbocycles. The first-order chi connectivity index (χ1) is 16.0. The second kappa shape index (κ2) is 9.18. The van der Waals surface area contributed by atoms with Crippen molar-refractivity contribution >= 4 is 28.7 Å². The summed E-state index contributed by atoms with van der Waals surface area (Å²) in [7, 11) is 0. The Morgan fingerprint density at radius 2 is 1.52 bits per heavy atom. The molecule has 2 aliphatic carbocycles. The van der Waals surface area contributed by atoms with E-state index in [4.69, 9.17) is 4.98 Å². The van der Waals surface area contributed by atoms with Crippen LogP contribution in [0.2, 0.25) is 0 Å². The molecule has 4 N–H and O–H groups in total. The SMILES string of the molecule is OC1CCC(Nc2ncc3nc(Nc4c(F)cccc4F)n(C4CCC(O)CC4)c3n2)CC1. The third-order valence-electron chi connectivity index (χ3n) is 6.69. The van der Waals surface area contributed by atoms with Crippen molar-refractivity contribution in [1.29, 1.82) is 0 Å². The van der Waals surface area contributed by atoms with E-state index in [-0.39, 0.29) is 30.0 Å². The summed E-state index contributed by atoms with van der Waals surface area (Å²) in [4.78, 5) is 13.7. The van der Waals surface area contributed by atoms with Crippen LogP contribution in [0.15, 0.2) is 24.4 Å². The Morgan fingerprint density at radius 1 is 0.879 bits per heavy atom. The average Bonchev–Trinajstić information content (AvgIpc) is 3.16. The highest BCUT2D eigenvalue weighted by atomic mass is 19.1. The number of aromatic nitrogens is 4. The minimum absolute atomic E-state index is 0.0247. The molecule has 176 valence electrons. The van der Waals surface area contributed by atoms with Crippen LogP contribution in [0.25, 0.3) is 11.2 Å². The second-order valence-corrected chi connectivity index (χ2v) is 9.04. The standard InChI is InChI=1S/C23H28F2N6O2/c24-17-2-1-3-18(25)20(17)29-23-28-19-12-26-22(27-13-4-8-15(32)9-5-13)30-21(19)31(23)14-6-10-16(33)11-7-14/h1-3,12-16,32-33H,4-11H2,(H,28,29)(H,26,27,30). The maximum absolute atomic E-state index is 14.3. The van der Waals surface area contributed by atoms with Gasteiger partial charge < -0.3 is 20.8 Å². The number of nitrogens with zero attached hydrogens (tertiary/aromatic N) is 4. The number of halogens is 2. The summed E-state index contributed by atoms with van der Waals surface area (Å²) in [5.74, 6) is -0.659. The fourth-order valence-corrected chi connectivity index (χ4v) is 4.84. The van der Waals surface area contributed by atoms with Gasteiger partial charge in [0.05, 0.1) is 18.4 Å². The maximum atomic E-state index is 14.3. The van der Waals surface area contributed by atoms with Crippen LogP contribution in [0.5, 0.6) is 0 Å². The summed E-state index contributed by atoms with van der Waals surface area (Å²) in [5.41, 5.74) is 0.825. The minimum Gasteiger partial charge on any atom is -0.393 e. The molecule has 2 fully saturated rings. The van der Waals surface area contributed by atoms with Crippen LogP contribution in [0.1, 0.15) is 57.4 Å². The second-order valence-electron chi connectivity index (χ2n) is 9.04. The third kappa shape index (κ3) is 4.63. The molecule has 0 spiro atoms. The van der Waals surface area contributed by atoms with Gasteiger partial charge in [0.25, 0.3) is 0 Å². The molecule has 8 nitrogen and oxygen atoms in total. The number of imidazole rings is 1. The lowest BCUT2D eigenvalue weighted by atomic mass is 9.93. The summed E-state index contributed by atoms with van der Waals surface area (Å²) in [6, 6.07) is 3.85. The molecule has 3 aromatic rings. The van der Waals surface area contributed by atoms with Gasteiger partial charge in [0, 0.05) is 12.1 Å². The molecule has 0 radical (unpaired) electrons. The lowest BCUT2D eigenvalue weighted by Crippen LogP contribution is -2.29. The molecule has 0 unspecified atom stereocenters. The Balaban J connectivity index is 1.51. The molecular formula is C23H28F2N6O2. The topological polar surface area (TPSA) is 108 Å². The minimum atomic E-state index is -0.708. The van der Waals surface area contributed by atoms with Crippen molar-refractivity contribution in [3.63, 3.8) is 0 Å². The number of hydrogen-bond donors (Lipinski definition) is 4.